The minimum absolute atomic E-state index is 0.183. The number of carbonyl (C=O) groups excluding carboxylic acids is 1. The average Bonchev–Trinajstić information content (AvgIpc) is 2.33. The summed E-state index contributed by atoms with van der Waals surface area (Å²) in [6.45, 7) is 6.65. The van der Waals surface area contributed by atoms with Gasteiger partial charge < -0.3 is 0 Å². The van der Waals surface area contributed by atoms with Gasteiger partial charge in [-0.2, -0.15) is 0 Å². The highest BCUT2D eigenvalue weighted by Gasteiger charge is 2.41. The third-order valence-corrected chi connectivity index (χ3v) is 3.71. The van der Waals surface area contributed by atoms with Gasteiger partial charge in [-0.3, -0.25) is 4.79 Å². The molecule has 1 heteroatoms. The lowest BCUT2D eigenvalue weighted by Crippen LogP contribution is -2.33. The van der Waals surface area contributed by atoms with Crippen molar-refractivity contribution in [1.29, 1.82) is 0 Å². The van der Waals surface area contributed by atoms with Gasteiger partial charge in [-0.05, 0) is 36.7 Å². The van der Waals surface area contributed by atoms with Crippen LogP contribution in [0.25, 0.3) is 0 Å². The number of allylic oxidation sites excluding steroid dienone is 4. The zero-order valence-corrected chi connectivity index (χ0v) is 9.86. The molecule has 0 aromatic rings. The molecule has 0 aromatic heterocycles. The Hall–Kier alpha value is -0.850. The number of hydrogen-bond acceptors (Lipinski definition) is 1. The number of fused-ring (bicyclic) bond motifs is 2. The van der Waals surface area contributed by atoms with Gasteiger partial charge in [0.2, 0.25) is 0 Å². The van der Waals surface area contributed by atoms with Gasteiger partial charge in [-0.15, -0.1) is 0 Å². The van der Waals surface area contributed by atoms with Crippen LogP contribution in [0.5, 0.6) is 0 Å². The molecule has 0 saturated heterocycles. The van der Waals surface area contributed by atoms with Gasteiger partial charge >= 0.3 is 0 Å². The molecule has 0 radical (unpaired) electrons. The van der Waals surface area contributed by atoms with E-state index in [0.29, 0.717) is 23.5 Å². The van der Waals surface area contributed by atoms with Crippen LogP contribution in [0.1, 0.15) is 33.6 Å². The van der Waals surface area contributed by atoms with E-state index in [-0.39, 0.29) is 5.41 Å². The van der Waals surface area contributed by atoms with Crippen molar-refractivity contribution in [3.63, 3.8) is 0 Å². The summed E-state index contributed by atoms with van der Waals surface area (Å²) in [5.74, 6) is 1.99. The maximum atomic E-state index is 12.1. The molecule has 3 rings (SSSR count). The van der Waals surface area contributed by atoms with Gasteiger partial charge in [-0.1, -0.05) is 39.0 Å². The summed E-state index contributed by atoms with van der Waals surface area (Å²) in [5.41, 5.74) is -0.183. The van der Waals surface area contributed by atoms with Crippen molar-refractivity contribution in [2.45, 2.75) is 33.6 Å². The Morgan fingerprint density at radius 3 is 2.80 bits per heavy atom. The zero-order chi connectivity index (χ0) is 11.1. The lowest BCUT2D eigenvalue weighted by Gasteiger charge is -2.35. The molecule has 0 N–H and O–H groups in total. The summed E-state index contributed by atoms with van der Waals surface area (Å²) >= 11 is 0. The lowest BCUT2D eigenvalue weighted by molar-refractivity contribution is -0.123. The normalized spacial score (nSPS) is 38.8. The van der Waals surface area contributed by atoms with E-state index < -0.39 is 0 Å². The monoisotopic (exact) mass is 204 g/mol. The summed E-state index contributed by atoms with van der Waals surface area (Å²) in [7, 11) is 0. The summed E-state index contributed by atoms with van der Waals surface area (Å²) < 4.78 is 0. The van der Waals surface area contributed by atoms with Crippen molar-refractivity contribution in [3.05, 3.63) is 24.3 Å². The van der Waals surface area contributed by atoms with E-state index in [0.717, 1.165) is 12.8 Å². The van der Waals surface area contributed by atoms with E-state index in [1.807, 2.05) is 6.08 Å². The van der Waals surface area contributed by atoms with Gasteiger partial charge in [0.15, 0.2) is 5.78 Å². The molecule has 0 aliphatic heterocycles. The van der Waals surface area contributed by atoms with Crippen molar-refractivity contribution < 1.29 is 4.79 Å². The molecule has 0 saturated carbocycles. The van der Waals surface area contributed by atoms with E-state index in [2.05, 4.69) is 39.0 Å². The third kappa shape index (κ3) is 1.80. The van der Waals surface area contributed by atoms with Crippen LogP contribution in [0.15, 0.2) is 24.3 Å². The molecule has 82 valence electrons. The first-order valence-electron chi connectivity index (χ1n) is 5.95. The molecule has 0 fully saturated rings. The second kappa shape index (κ2) is 3.62. The second-order valence-electron chi connectivity index (χ2n) is 5.60. The largest absolute Gasteiger partial charge is 0.294 e. The van der Waals surface area contributed by atoms with Gasteiger partial charge in [0.25, 0.3) is 0 Å². The number of carbonyl (C=O) groups is 1. The molecular weight excluding hydrogens is 184 g/mol. The summed E-state index contributed by atoms with van der Waals surface area (Å²) in [6.07, 6.45) is 10.3. The van der Waals surface area contributed by atoms with Crippen molar-refractivity contribution in [1.82, 2.24) is 0 Å². The van der Waals surface area contributed by atoms with E-state index in [1.54, 1.807) is 0 Å². The van der Waals surface area contributed by atoms with Crippen LogP contribution in [0.2, 0.25) is 0 Å². The SMILES string of the molecule is CC(C)CC12C=CC(C=CC1=O)C(C)C2. The third-order valence-electron chi connectivity index (χ3n) is 3.71. The van der Waals surface area contributed by atoms with Crippen LogP contribution in [0, 0.1) is 23.2 Å². The topological polar surface area (TPSA) is 17.1 Å². The molecule has 1 nitrogen and oxygen atoms in total. The minimum Gasteiger partial charge on any atom is -0.294 e. The molecule has 0 heterocycles. The van der Waals surface area contributed by atoms with Gasteiger partial charge in [0.1, 0.15) is 0 Å². The molecule has 0 amide bonds. The Morgan fingerprint density at radius 2 is 2.20 bits per heavy atom. The maximum Gasteiger partial charge on any atom is 0.165 e. The molecule has 15 heavy (non-hydrogen) atoms. The summed E-state index contributed by atoms with van der Waals surface area (Å²) in [4.78, 5) is 12.1. The van der Waals surface area contributed by atoms with E-state index in [4.69, 9.17) is 0 Å². The fourth-order valence-electron chi connectivity index (χ4n) is 3.05. The van der Waals surface area contributed by atoms with Crippen molar-refractivity contribution in [2.24, 2.45) is 23.2 Å². The van der Waals surface area contributed by atoms with Gasteiger partial charge in [-0.25, -0.2) is 0 Å². The molecule has 3 atom stereocenters. The highest BCUT2D eigenvalue weighted by molar-refractivity contribution is 5.97. The zero-order valence-electron chi connectivity index (χ0n) is 9.86. The quantitative estimate of drug-likeness (QED) is 0.630. The van der Waals surface area contributed by atoms with E-state index in [1.165, 1.54) is 0 Å². The Morgan fingerprint density at radius 1 is 1.47 bits per heavy atom. The Kier molecular flexibility index (Phi) is 2.57. The molecule has 0 spiro atoms. The summed E-state index contributed by atoms with van der Waals surface area (Å²) in [6, 6.07) is 0. The smallest absolute Gasteiger partial charge is 0.165 e. The van der Waals surface area contributed by atoms with Crippen LogP contribution in [0.3, 0.4) is 0 Å². The van der Waals surface area contributed by atoms with Crippen molar-refractivity contribution in [3.8, 4) is 0 Å². The first-order chi connectivity index (χ1) is 7.03. The Bertz CT molecular complexity index is 324. The van der Waals surface area contributed by atoms with Crippen LogP contribution in [-0.2, 0) is 4.79 Å². The molecule has 3 aliphatic rings. The highest BCUT2D eigenvalue weighted by Crippen LogP contribution is 2.45. The van der Waals surface area contributed by atoms with Gasteiger partial charge in [0, 0.05) is 0 Å². The molecule has 3 aliphatic carbocycles. The van der Waals surface area contributed by atoms with Crippen LogP contribution in [-0.4, -0.2) is 5.78 Å². The van der Waals surface area contributed by atoms with Crippen molar-refractivity contribution in [2.75, 3.05) is 0 Å². The van der Waals surface area contributed by atoms with Gasteiger partial charge in [0.05, 0.1) is 5.41 Å². The lowest BCUT2D eigenvalue weighted by atomic mass is 9.67. The van der Waals surface area contributed by atoms with Crippen molar-refractivity contribution >= 4 is 5.78 Å². The molecular formula is C14H20O. The fourth-order valence-corrected chi connectivity index (χ4v) is 3.05. The van der Waals surface area contributed by atoms with Crippen LogP contribution in [0.4, 0.5) is 0 Å². The highest BCUT2D eigenvalue weighted by atomic mass is 16.1. The number of rotatable bonds is 2. The standard InChI is InChI=1S/C14H20O/c1-10(2)8-14-7-6-12(11(3)9-14)4-5-13(14)15/h4-7,10-12H,8-9H2,1-3H3. The first-order valence-corrected chi connectivity index (χ1v) is 5.95. The molecule has 3 unspecified atom stereocenters. The average molecular weight is 204 g/mol. The van der Waals surface area contributed by atoms with Crippen LogP contribution < -0.4 is 0 Å². The fraction of sp³-hybridized carbons (Fsp3) is 0.643. The predicted octanol–water partition coefficient (Wildman–Crippen LogP) is 3.37. The second-order valence-corrected chi connectivity index (χ2v) is 5.60. The van der Waals surface area contributed by atoms with Crippen LogP contribution >= 0.6 is 0 Å². The Balaban J connectivity index is 2.36. The first kappa shape index (κ1) is 10.7. The van der Waals surface area contributed by atoms with E-state index in [9.17, 15) is 4.79 Å². The Labute approximate surface area is 92.3 Å². The molecule has 2 bridgehead atoms. The molecule has 0 aromatic carbocycles. The number of hydrogen-bond donors (Lipinski definition) is 0. The minimum atomic E-state index is -0.183. The summed E-state index contributed by atoms with van der Waals surface area (Å²) in [5, 5.41) is 0. The van der Waals surface area contributed by atoms with E-state index >= 15 is 0 Å². The maximum absolute atomic E-state index is 12.1. The number of ketones is 1. The predicted molar refractivity (Wildman–Crippen MR) is 62.4 cm³/mol.